The molecule has 0 saturated heterocycles. The summed E-state index contributed by atoms with van der Waals surface area (Å²) >= 11 is 3.57. The molecule has 24 heavy (non-hydrogen) atoms. The molecule has 0 aliphatic heterocycles. The van der Waals surface area contributed by atoms with Crippen LogP contribution in [0, 0.1) is 5.92 Å². The fourth-order valence-electron chi connectivity index (χ4n) is 3.13. The van der Waals surface area contributed by atoms with E-state index in [1.807, 2.05) is 18.2 Å². The Labute approximate surface area is 155 Å². The van der Waals surface area contributed by atoms with Crippen molar-refractivity contribution in [2.24, 2.45) is 11.7 Å². The van der Waals surface area contributed by atoms with Gasteiger partial charge in [0.05, 0.1) is 0 Å². The summed E-state index contributed by atoms with van der Waals surface area (Å²) in [4.78, 5) is 11.1. The van der Waals surface area contributed by atoms with Gasteiger partial charge in [0.25, 0.3) is 0 Å². The zero-order valence-corrected chi connectivity index (χ0v) is 15.8. The van der Waals surface area contributed by atoms with Crippen LogP contribution in [0.25, 0.3) is 11.5 Å². The second kappa shape index (κ2) is 8.18. The predicted octanol–water partition coefficient (Wildman–Crippen LogP) is 3.53. The Morgan fingerprint density at radius 1 is 1.38 bits per heavy atom. The van der Waals surface area contributed by atoms with Crippen LogP contribution in [-0.2, 0) is 0 Å². The van der Waals surface area contributed by atoms with Crippen LogP contribution in [0.3, 0.4) is 0 Å². The van der Waals surface area contributed by atoms with Crippen LogP contribution in [-0.4, -0.2) is 22.3 Å². The van der Waals surface area contributed by atoms with Gasteiger partial charge in [0.15, 0.2) is 0 Å². The average Bonchev–Trinajstić information content (AvgIpc) is 2.96. The number of halogens is 2. The van der Waals surface area contributed by atoms with Crippen LogP contribution in [0.2, 0.25) is 0 Å². The summed E-state index contributed by atoms with van der Waals surface area (Å²) < 4.78 is 5.99. The first-order valence-electron chi connectivity index (χ1n) is 7.90. The zero-order chi connectivity index (χ0) is 16.4. The molecule has 4 N–H and O–H groups in total. The number of nitrogens with two attached hydrogens (primary N) is 1. The van der Waals surface area contributed by atoms with Crippen molar-refractivity contribution < 1.29 is 4.42 Å². The van der Waals surface area contributed by atoms with Crippen LogP contribution in [0.1, 0.15) is 32.6 Å². The van der Waals surface area contributed by atoms with E-state index in [9.17, 15) is 4.79 Å². The van der Waals surface area contributed by atoms with E-state index in [2.05, 4.69) is 38.4 Å². The van der Waals surface area contributed by atoms with Crippen molar-refractivity contribution in [1.29, 1.82) is 0 Å². The van der Waals surface area contributed by atoms with E-state index in [-0.39, 0.29) is 12.4 Å². The van der Waals surface area contributed by atoms with E-state index in [4.69, 9.17) is 10.2 Å². The first-order chi connectivity index (χ1) is 11.0. The van der Waals surface area contributed by atoms with Gasteiger partial charge < -0.3 is 15.5 Å². The molecule has 0 spiro atoms. The van der Waals surface area contributed by atoms with Crippen molar-refractivity contribution in [2.45, 2.75) is 44.7 Å². The van der Waals surface area contributed by atoms with Crippen LogP contribution < -0.4 is 16.8 Å². The lowest BCUT2D eigenvalue weighted by Crippen LogP contribution is -2.34. The minimum absolute atomic E-state index is 0. The second-order valence-electron chi connectivity index (χ2n) is 6.22. The van der Waals surface area contributed by atoms with Gasteiger partial charge >= 0.3 is 5.76 Å². The SMILES string of the molecule is C[C@H](Nc1cc(-c2n[nH]c(=O)o2)ccc1Br)C1CCC(N)CC1.Cl. The molecule has 6 nitrogen and oxygen atoms in total. The molecule has 1 aliphatic rings. The van der Waals surface area contributed by atoms with Crippen LogP contribution in [0.15, 0.2) is 31.9 Å². The second-order valence-corrected chi connectivity index (χ2v) is 7.08. The van der Waals surface area contributed by atoms with E-state index in [0.717, 1.165) is 41.4 Å². The van der Waals surface area contributed by atoms with E-state index >= 15 is 0 Å². The van der Waals surface area contributed by atoms with Gasteiger partial charge in [-0.2, -0.15) is 0 Å². The maximum atomic E-state index is 11.1. The molecule has 0 amide bonds. The molecule has 1 heterocycles. The predicted molar refractivity (Wildman–Crippen MR) is 101 cm³/mol. The van der Waals surface area contributed by atoms with Crippen molar-refractivity contribution in [3.63, 3.8) is 0 Å². The highest BCUT2D eigenvalue weighted by Crippen LogP contribution is 2.32. The Hall–Kier alpha value is -1.31. The number of aromatic nitrogens is 2. The van der Waals surface area contributed by atoms with E-state index in [1.54, 1.807) is 0 Å². The van der Waals surface area contributed by atoms with Gasteiger partial charge in [0.1, 0.15) is 0 Å². The van der Waals surface area contributed by atoms with E-state index in [0.29, 0.717) is 23.9 Å². The molecule has 1 aromatic carbocycles. The molecule has 1 aromatic heterocycles. The lowest BCUT2D eigenvalue weighted by atomic mass is 9.82. The van der Waals surface area contributed by atoms with Crippen LogP contribution >= 0.6 is 28.3 Å². The molecule has 0 radical (unpaired) electrons. The Bertz CT molecular complexity index is 725. The highest BCUT2D eigenvalue weighted by Gasteiger charge is 2.24. The molecule has 0 bridgehead atoms. The monoisotopic (exact) mass is 416 g/mol. The standard InChI is InChI=1S/C16H21BrN4O2.ClH/c1-9(10-2-5-12(18)6-3-10)19-14-8-11(4-7-13(14)17)15-20-21-16(22)23-15;/h4,7-10,12,19H,2-3,5-6,18H2,1H3,(H,21,22);1H/t9-,10?,12?;/m0./s1. The van der Waals surface area contributed by atoms with Gasteiger partial charge in [-0.05, 0) is 72.7 Å². The van der Waals surface area contributed by atoms with Gasteiger partial charge in [-0.3, -0.25) is 0 Å². The van der Waals surface area contributed by atoms with E-state index in [1.165, 1.54) is 0 Å². The van der Waals surface area contributed by atoms with Crippen molar-refractivity contribution in [1.82, 2.24) is 10.2 Å². The third-order valence-electron chi connectivity index (χ3n) is 4.56. The summed E-state index contributed by atoms with van der Waals surface area (Å²) in [5.41, 5.74) is 7.71. The number of rotatable bonds is 4. The van der Waals surface area contributed by atoms with Gasteiger partial charge in [-0.1, -0.05) is 0 Å². The topological polar surface area (TPSA) is 96.9 Å². The fourth-order valence-corrected chi connectivity index (χ4v) is 3.49. The third-order valence-corrected chi connectivity index (χ3v) is 5.25. The summed E-state index contributed by atoms with van der Waals surface area (Å²) in [5.74, 6) is 0.361. The zero-order valence-electron chi connectivity index (χ0n) is 13.4. The minimum Gasteiger partial charge on any atom is -0.388 e. The molecule has 1 saturated carbocycles. The third kappa shape index (κ3) is 4.40. The largest absolute Gasteiger partial charge is 0.434 e. The molecule has 3 rings (SSSR count). The number of hydrogen-bond acceptors (Lipinski definition) is 5. The number of nitrogens with one attached hydrogen (secondary N) is 2. The maximum Gasteiger partial charge on any atom is 0.434 e. The molecule has 2 aromatic rings. The number of nitrogens with zero attached hydrogens (tertiary/aromatic N) is 1. The first kappa shape index (κ1) is 19.0. The summed E-state index contributed by atoms with van der Waals surface area (Å²) in [7, 11) is 0. The summed E-state index contributed by atoms with van der Waals surface area (Å²) in [6.45, 7) is 2.20. The molecule has 132 valence electrons. The Balaban J connectivity index is 0.00000208. The number of anilines is 1. The number of hydrogen-bond donors (Lipinski definition) is 3. The van der Waals surface area contributed by atoms with Crippen LogP contribution in [0.5, 0.6) is 0 Å². The molecule has 1 fully saturated rings. The lowest BCUT2D eigenvalue weighted by Gasteiger charge is -2.32. The van der Waals surface area contributed by atoms with Crippen molar-refractivity contribution in [3.05, 3.63) is 33.2 Å². The summed E-state index contributed by atoms with van der Waals surface area (Å²) in [5, 5.41) is 9.72. The Morgan fingerprint density at radius 3 is 2.71 bits per heavy atom. The van der Waals surface area contributed by atoms with Gasteiger partial charge in [-0.15, -0.1) is 17.5 Å². The maximum absolute atomic E-state index is 11.1. The van der Waals surface area contributed by atoms with Crippen molar-refractivity contribution in [2.75, 3.05) is 5.32 Å². The number of aromatic amines is 1. The van der Waals surface area contributed by atoms with Gasteiger partial charge in [0, 0.05) is 27.8 Å². The molecule has 0 unspecified atom stereocenters. The Kier molecular flexibility index (Phi) is 6.48. The lowest BCUT2D eigenvalue weighted by molar-refractivity contribution is 0.302. The van der Waals surface area contributed by atoms with Gasteiger partial charge in [0.2, 0.25) is 5.89 Å². The number of H-pyrrole nitrogens is 1. The van der Waals surface area contributed by atoms with E-state index < -0.39 is 5.76 Å². The van der Waals surface area contributed by atoms with Gasteiger partial charge in [-0.25, -0.2) is 9.89 Å². The highest BCUT2D eigenvalue weighted by molar-refractivity contribution is 9.10. The number of benzene rings is 1. The molecule has 1 aliphatic carbocycles. The molecule has 8 heteroatoms. The normalized spacial score (nSPS) is 21.8. The Morgan fingerprint density at radius 2 is 2.08 bits per heavy atom. The van der Waals surface area contributed by atoms with Crippen molar-refractivity contribution >= 4 is 34.0 Å². The minimum atomic E-state index is -0.552. The molecular formula is C16H22BrClN4O2. The summed E-state index contributed by atoms with van der Waals surface area (Å²) in [6, 6.07) is 6.43. The summed E-state index contributed by atoms with van der Waals surface area (Å²) in [6.07, 6.45) is 4.49. The molecular weight excluding hydrogens is 396 g/mol. The fraction of sp³-hybridized carbons (Fsp3) is 0.500. The first-order valence-corrected chi connectivity index (χ1v) is 8.70. The molecule has 1 atom stereocenters. The highest BCUT2D eigenvalue weighted by atomic mass is 79.9. The van der Waals surface area contributed by atoms with Crippen LogP contribution in [0.4, 0.5) is 5.69 Å². The quantitative estimate of drug-likeness (QED) is 0.707. The average molecular weight is 418 g/mol. The smallest absolute Gasteiger partial charge is 0.388 e. The van der Waals surface area contributed by atoms with Crippen molar-refractivity contribution in [3.8, 4) is 11.5 Å².